The molecule has 6 heteroatoms. The first-order valence-electron chi connectivity index (χ1n) is 9.01. The number of nitrogens with zero attached hydrogens (tertiary/aromatic N) is 1. The van der Waals surface area contributed by atoms with Crippen molar-refractivity contribution >= 4 is 28.3 Å². The summed E-state index contributed by atoms with van der Waals surface area (Å²) in [6.45, 7) is 2.88. The van der Waals surface area contributed by atoms with Gasteiger partial charge >= 0.3 is 0 Å². The fourth-order valence-electron chi connectivity index (χ4n) is 3.46. The van der Waals surface area contributed by atoms with Gasteiger partial charge in [-0.3, -0.25) is 9.59 Å². The Bertz CT molecular complexity index is 1000. The van der Waals surface area contributed by atoms with Crippen LogP contribution in [-0.2, 0) is 4.79 Å². The van der Waals surface area contributed by atoms with Crippen LogP contribution in [0.3, 0.4) is 0 Å². The van der Waals surface area contributed by atoms with E-state index in [1.54, 1.807) is 17.9 Å². The molecule has 0 aliphatic carbocycles. The van der Waals surface area contributed by atoms with Crippen molar-refractivity contribution in [3.05, 3.63) is 66.3 Å². The van der Waals surface area contributed by atoms with E-state index < -0.39 is 6.04 Å². The van der Waals surface area contributed by atoms with E-state index in [0.717, 1.165) is 11.9 Å². The molecule has 0 saturated heterocycles. The molecule has 2 aromatic heterocycles. The third kappa shape index (κ3) is 3.38. The Morgan fingerprint density at radius 1 is 1.26 bits per heavy atom. The van der Waals surface area contributed by atoms with Gasteiger partial charge in [0.2, 0.25) is 5.91 Å². The fourth-order valence-corrected chi connectivity index (χ4v) is 3.46. The number of benzene rings is 1. The number of H-pyrrole nitrogens is 1. The van der Waals surface area contributed by atoms with Gasteiger partial charge in [0.1, 0.15) is 12.3 Å². The van der Waals surface area contributed by atoms with Crippen LogP contribution in [0.1, 0.15) is 29.3 Å². The molecule has 1 unspecified atom stereocenters. The predicted molar refractivity (Wildman–Crippen MR) is 103 cm³/mol. The molecule has 2 N–H and O–H groups in total. The molecule has 27 heavy (non-hydrogen) atoms. The normalized spacial score (nSPS) is 15.4. The zero-order valence-corrected chi connectivity index (χ0v) is 15.1. The SMILES string of the molecule is CC(NC(=O)c1ccoc1)C(=O)N1CC=C(c2c[nH]c3ccccc23)CC1. The second kappa shape index (κ2) is 7.15. The summed E-state index contributed by atoms with van der Waals surface area (Å²) in [6, 6.07) is 9.19. The second-order valence-electron chi connectivity index (χ2n) is 6.72. The molecule has 0 bridgehead atoms. The second-order valence-corrected chi connectivity index (χ2v) is 6.72. The van der Waals surface area contributed by atoms with Gasteiger partial charge in [-0.1, -0.05) is 24.3 Å². The van der Waals surface area contributed by atoms with Crippen molar-refractivity contribution in [1.82, 2.24) is 15.2 Å². The molecule has 2 amide bonds. The van der Waals surface area contributed by atoms with E-state index >= 15 is 0 Å². The van der Waals surface area contributed by atoms with E-state index in [-0.39, 0.29) is 11.8 Å². The van der Waals surface area contributed by atoms with Crippen LogP contribution in [0.2, 0.25) is 0 Å². The monoisotopic (exact) mass is 363 g/mol. The lowest BCUT2D eigenvalue weighted by Crippen LogP contribution is -2.48. The van der Waals surface area contributed by atoms with Gasteiger partial charge < -0.3 is 19.6 Å². The lowest BCUT2D eigenvalue weighted by molar-refractivity contribution is -0.132. The van der Waals surface area contributed by atoms with Crippen LogP contribution in [0.5, 0.6) is 0 Å². The Labute approximate surface area is 156 Å². The Kier molecular flexibility index (Phi) is 4.54. The van der Waals surface area contributed by atoms with Crippen LogP contribution >= 0.6 is 0 Å². The van der Waals surface area contributed by atoms with E-state index in [1.165, 1.54) is 29.0 Å². The number of hydrogen-bond acceptors (Lipinski definition) is 3. The lowest BCUT2D eigenvalue weighted by Gasteiger charge is -2.29. The highest BCUT2D eigenvalue weighted by Gasteiger charge is 2.25. The van der Waals surface area contributed by atoms with Gasteiger partial charge in [0, 0.05) is 35.8 Å². The molecule has 0 spiro atoms. The molecule has 4 rings (SSSR count). The Balaban J connectivity index is 1.42. The summed E-state index contributed by atoms with van der Waals surface area (Å²) in [5.74, 6) is -0.391. The van der Waals surface area contributed by atoms with Crippen LogP contribution < -0.4 is 5.32 Å². The zero-order valence-electron chi connectivity index (χ0n) is 15.1. The molecule has 3 aromatic rings. The Morgan fingerprint density at radius 2 is 2.11 bits per heavy atom. The molecular weight excluding hydrogens is 342 g/mol. The quantitative estimate of drug-likeness (QED) is 0.747. The van der Waals surface area contributed by atoms with E-state index in [9.17, 15) is 9.59 Å². The minimum atomic E-state index is -0.588. The summed E-state index contributed by atoms with van der Waals surface area (Å²) in [7, 11) is 0. The highest BCUT2D eigenvalue weighted by atomic mass is 16.3. The maximum Gasteiger partial charge on any atom is 0.255 e. The number of para-hydroxylation sites is 1. The molecule has 1 aliphatic heterocycles. The van der Waals surface area contributed by atoms with Gasteiger partial charge in [-0.25, -0.2) is 0 Å². The number of aromatic nitrogens is 1. The lowest BCUT2D eigenvalue weighted by atomic mass is 9.98. The maximum atomic E-state index is 12.7. The summed E-state index contributed by atoms with van der Waals surface area (Å²) in [5, 5.41) is 3.92. The molecule has 0 fully saturated rings. The van der Waals surface area contributed by atoms with Gasteiger partial charge in [0.25, 0.3) is 5.91 Å². The van der Waals surface area contributed by atoms with Crippen molar-refractivity contribution in [2.75, 3.05) is 13.1 Å². The van der Waals surface area contributed by atoms with E-state index in [4.69, 9.17) is 4.42 Å². The van der Waals surface area contributed by atoms with Gasteiger partial charge in [-0.15, -0.1) is 0 Å². The molecule has 1 atom stereocenters. The van der Waals surface area contributed by atoms with Gasteiger partial charge in [0.15, 0.2) is 0 Å². The smallest absolute Gasteiger partial charge is 0.255 e. The van der Waals surface area contributed by atoms with Gasteiger partial charge in [-0.05, 0) is 31.1 Å². The number of amides is 2. The number of furan rings is 1. The minimum absolute atomic E-state index is 0.0823. The highest BCUT2D eigenvalue weighted by Crippen LogP contribution is 2.29. The number of carbonyl (C=O) groups excluding carboxylic acids is 2. The molecule has 0 radical (unpaired) electrons. The molecule has 1 aliphatic rings. The van der Waals surface area contributed by atoms with Crippen LogP contribution in [-0.4, -0.2) is 40.8 Å². The molecule has 3 heterocycles. The van der Waals surface area contributed by atoms with Crippen molar-refractivity contribution in [3.63, 3.8) is 0 Å². The number of nitrogens with one attached hydrogen (secondary N) is 2. The number of aromatic amines is 1. The van der Waals surface area contributed by atoms with Gasteiger partial charge in [-0.2, -0.15) is 0 Å². The summed E-state index contributed by atoms with van der Waals surface area (Å²) < 4.78 is 4.91. The number of fused-ring (bicyclic) bond motifs is 1. The van der Waals surface area contributed by atoms with E-state index in [2.05, 4.69) is 28.5 Å². The molecule has 6 nitrogen and oxygen atoms in total. The summed E-state index contributed by atoms with van der Waals surface area (Å²) in [5.41, 5.74) is 3.96. The van der Waals surface area contributed by atoms with E-state index in [1.807, 2.05) is 18.3 Å². The van der Waals surface area contributed by atoms with Crippen molar-refractivity contribution in [1.29, 1.82) is 0 Å². The number of hydrogen-bond donors (Lipinski definition) is 2. The third-order valence-corrected chi connectivity index (χ3v) is 4.96. The first-order chi connectivity index (χ1) is 13.1. The summed E-state index contributed by atoms with van der Waals surface area (Å²) in [6.07, 6.45) is 7.71. The van der Waals surface area contributed by atoms with Crippen molar-refractivity contribution < 1.29 is 14.0 Å². The van der Waals surface area contributed by atoms with Crippen molar-refractivity contribution in [2.24, 2.45) is 0 Å². The summed E-state index contributed by atoms with van der Waals surface area (Å²) in [4.78, 5) is 29.8. The highest BCUT2D eigenvalue weighted by molar-refractivity contribution is 5.97. The molecule has 138 valence electrons. The minimum Gasteiger partial charge on any atom is -0.472 e. The summed E-state index contributed by atoms with van der Waals surface area (Å²) >= 11 is 0. The fraction of sp³-hybridized carbons (Fsp3) is 0.238. The number of carbonyl (C=O) groups is 2. The zero-order chi connectivity index (χ0) is 18.8. The van der Waals surface area contributed by atoms with Crippen LogP contribution in [0.15, 0.2) is 59.5 Å². The van der Waals surface area contributed by atoms with Crippen LogP contribution in [0, 0.1) is 0 Å². The number of rotatable bonds is 4. The average molecular weight is 363 g/mol. The maximum absolute atomic E-state index is 12.7. The van der Waals surface area contributed by atoms with Gasteiger partial charge in [0.05, 0.1) is 11.8 Å². The van der Waals surface area contributed by atoms with E-state index in [0.29, 0.717) is 18.7 Å². The van der Waals surface area contributed by atoms with Crippen molar-refractivity contribution in [2.45, 2.75) is 19.4 Å². The van der Waals surface area contributed by atoms with Crippen LogP contribution in [0.4, 0.5) is 0 Å². The van der Waals surface area contributed by atoms with Crippen molar-refractivity contribution in [3.8, 4) is 0 Å². The predicted octanol–water partition coefficient (Wildman–Crippen LogP) is 3.20. The molecule has 0 saturated carbocycles. The standard InChI is InChI=1S/C21H21N3O3/c1-14(23-20(25)16-8-11-27-13-16)21(26)24-9-6-15(7-10-24)18-12-22-19-5-3-2-4-17(18)19/h2-6,8,11-14,22H,7,9-10H2,1H3,(H,23,25). The topological polar surface area (TPSA) is 78.3 Å². The Morgan fingerprint density at radius 3 is 2.85 bits per heavy atom. The first-order valence-corrected chi connectivity index (χ1v) is 9.01. The van der Waals surface area contributed by atoms with Crippen LogP contribution in [0.25, 0.3) is 16.5 Å². The Hall–Kier alpha value is -3.28. The first kappa shape index (κ1) is 17.1. The molecule has 1 aromatic carbocycles. The largest absolute Gasteiger partial charge is 0.472 e. The average Bonchev–Trinajstić information content (AvgIpc) is 3.37. The molecular formula is C21H21N3O3. The third-order valence-electron chi connectivity index (χ3n) is 4.96.